The van der Waals surface area contributed by atoms with Crippen molar-refractivity contribution in [2.45, 2.75) is 31.3 Å². The second kappa shape index (κ2) is 8.50. The fraction of sp³-hybridized carbons (Fsp3) is 0.520. The molecule has 3 aromatic rings. The first kappa shape index (κ1) is 20.7. The highest BCUT2D eigenvalue weighted by atomic mass is 16.6. The van der Waals surface area contributed by atoms with E-state index in [9.17, 15) is 0 Å². The van der Waals surface area contributed by atoms with Gasteiger partial charge in [-0.05, 0) is 45.5 Å². The molecule has 0 saturated carbocycles. The number of fused-ring (bicyclic) bond motifs is 2. The second-order valence-corrected chi connectivity index (χ2v) is 9.43. The average molecular weight is 449 g/mol. The molecule has 174 valence electrons. The van der Waals surface area contributed by atoms with Gasteiger partial charge in [0.15, 0.2) is 11.5 Å². The number of imidazole rings is 1. The molecule has 2 fully saturated rings. The highest BCUT2D eigenvalue weighted by Gasteiger charge is 2.35. The number of piperazine rings is 1. The molecule has 2 aromatic heterocycles. The number of nitrogens with zero attached hydrogens (tertiary/aromatic N) is 5. The van der Waals surface area contributed by atoms with E-state index < -0.39 is 0 Å². The third-order valence-electron chi connectivity index (χ3n) is 7.41. The van der Waals surface area contributed by atoms with Gasteiger partial charge in [-0.25, -0.2) is 4.98 Å². The van der Waals surface area contributed by atoms with Gasteiger partial charge in [0.25, 0.3) is 0 Å². The van der Waals surface area contributed by atoms with Gasteiger partial charge < -0.3 is 24.3 Å². The van der Waals surface area contributed by atoms with Gasteiger partial charge in [0.1, 0.15) is 24.7 Å². The van der Waals surface area contributed by atoms with Crippen molar-refractivity contribution in [3.8, 4) is 11.5 Å². The number of pyridine rings is 1. The number of piperidine rings is 1. The quantitative estimate of drug-likeness (QED) is 0.659. The van der Waals surface area contributed by atoms with E-state index in [1.165, 1.54) is 5.69 Å². The molecule has 33 heavy (non-hydrogen) atoms. The monoisotopic (exact) mass is 448 g/mol. The number of hydrogen-bond acceptors (Lipinski definition) is 7. The van der Waals surface area contributed by atoms with Gasteiger partial charge in [0.2, 0.25) is 0 Å². The van der Waals surface area contributed by atoms with Crippen LogP contribution in [0.2, 0.25) is 0 Å². The van der Waals surface area contributed by atoms with Crippen LogP contribution in [0.25, 0.3) is 11.0 Å². The van der Waals surface area contributed by atoms with Gasteiger partial charge in [0, 0.05) is 38.4 Å². The SMILES string of the molecule is CN1CCN(c2cccc3nc([C@H]4CCC[C@@H](c5nccc6c5OCCO6)N4C)[nH]c23)CC1. The molecule has 0 amide bonds. The number of anilines is 1. The van der Waals surface area contributed by atoms with Crippen LogP contribution in [-0.4, -0.2) is 78.2 Å². The highest BCUT2D eigenvalue weighted by Crippen LogP contribution is 2.45. The van der Waals surface area contributed by atoms with E-state index in [2.05, 4.69) is 52.0 Å². The van der Waals surface area contributed by atoms with E-state index >= 15 is 0 Å². The van der Waals surface area contributed by atoms with Crippen LogP contribution in [0.4, 0.5) is 5.69 Å². The number of likely N-dealkylation sites (tertiary alicyclic amines) is 1. The van der Waals surface area contributed by atoms with Crippen LogP contribution in [0, 0.1) is 0 Å². The van der Waals surface area contributed by atoms with Crippen molar-refractivity contribution < 1.29 is 9.47 Å². The Labute approximate surface area is 194 Å². The number of nitrogens with one attached hydrogen (secondary N) is 1. The molecule has 0 aliphatic carbocycles. The summed E-state index contributed by atoms with van der Waals surface area (Å²) in [5.74, 6) is 2.66. The number of benzene rings is 1. The van der Waals surface area contributed by atoms with Crippen molar-refractivity contribution in [1.82, 2.24) is 24.8 Å². The summed E-state index contributed by atoms with van der Waals surface area (Å²) in [6.07, 6.45) is 5.08. The fourth-order valence-electron chi connectivity index (χ4n) is 5.53. The van der Waals surface area contributed by atoms with Crippen molar-refractivity contribution in [1.29, 1.82) is 0 Å². The van der Waals surface area contributed by atoms with E-state index in [-0.39, 0.29) is 12.1 Å². The lowest BCUT2D eigenvalue weighted by Gasteiger charge is -2.39. The van der Waals surface area contributed by atoms with E-state index in [4.69, 9.17) is 19.4 Å². The minimum absolute atomic E-state index is 0.172. The van der Waals surface area contributed by atoms with Crippen LogP contribution in [0.1, 0.15) is 42.9 Å². The third-order valence-corrected chi connectivity index (χ3v) is 7.41. The average Bonchev–Trinajstić information content (AvgIpc) is 3.29. The summed E-state index contributed by atoms with van der Waals surface area (Å²) in [5.41, 5.74) is 4.44. The molecule has 8 nitrogen and oxygen atoms in total. The first-order chi connectivity index (χ1) is 16.2. The zero-order valence-electron chi connectivity index (χ0n) is 19.5. The number of ether oxygens (including phenoxy) is 2. The van der Waals surface area contributed by atoms with Crippen molar-refractivity contribution in [3.63, 3.8) is 0 Å². The molecule has 0 unspecified atom stereocenters. The summed E-state index contributed by atoms with van der Waals surface area (Å²) in [7, 11) is 4.38. The molecular weight excluding hydrogens is 416 g/mol. The number of aromatic amines is 1. The van der Waals surface area contributed by atoms with Gasteiger partial charge >= 0.3 is 0 Å². The highest BCUT2D eigenvalue weighted by molar-refractivity contribution is 5.89. The molecule has 0 spiro atoms. The lowest BCUT2D eigenvalue weighted by molar-refractivity contribution is 0.0994. The Morgan fingerprint density at radius 1 is 0.970 bits per heavy atom. The van der Waals surface area contributed by atoms with Crippen LogP contribution in [-0.2, 0) is 0 Å². The van der Waals surface area contributed by atoms with Crippen LogP contribution < -0.4 is 14.4 Å². The number of likely N-dealkylation sites (N-methyl/N-ethyl adjacent to an activating group) is 1. The molecule has 5 heterocycles. The molecule has 2 atom stereocenters. The molecule has 3 aliphatic rings. The molecular formula is C25H32N6O2. The Balaban J connectivity index is 1.31. The van der Waals surface area contributed by atoms with Crippen LogP contribution in [0.15, 0.2) is 30.5 Å². The summed E-state index contributed by atoms with van der Waals surface area (Å²) in [6, 6.07) is 8.75. The molecule has 3 aliphatic heterocycles. The van der Waals surface area contributed by atoms with Crippen molar-refractivity contribution in [2.24, 2.45) is 0 Å². The lowest BCUT2D eigenvalue weighted by Crippen LogP contribution is -2.44. The van der Waals surface area contributed by atoms with Gasteiger partial charge in [-0.15, -0.1) is 0 Å². The number of hydrogen-bond donors (Lipinski definition) is 1. The summed E-state index contributed by atoms with van der Waals surface area (Å²) >= 11 is 0. The minimum Gasteiger partial charge on any atom is -0.486 e. The lowest BCUT2D eigenvalue weighted by atomic mass is 9.93. The standard InChI is InChI=1S/C25H32N6O2/c1-29-11-13-31(14-12-29)19-7-3-5-17-22(19)28-25(27-17)20-8-4-6-18(30(20)2)23-24-21(9-10-26-23)32-15-16-33-24/h3,5,7,9-10,18,20H,4,6,8,11-16H2,1-2H3,(H,27,28)/t18-,20+/m0/s1. The predicted molar refractivity (Wildman–Crippen MR) is 128 cm³/mol. The zero-order valence-corrected chi connectivity index (χ0v) is 19.5. The Morgan fingerprint density at radius 3 is 2.67 bits per heavy atom. The van der Waals surface area contributed by atoms with Gasteiger partial charge in [-0.3, -0.25) is 9.88 Å². The first-order valence-corrected chi connectivity index (χ1v) is 12.1. The Hall–Kier alpha value is -2.84. The normalized spacial score (nSPS) is 24.4. The fourth-order valence-corrected chi connectivity index (χ4v) is 5.53. The van der Waals surface area contributed by atoms with E-state index in [1.54, 1.807) is 0 Å². The molecule has 0 bridgehead atoms. The number of para-hydroxylation sites is 1. The Kier molecular flexibility index (Phi) is 5.34. The maximum Gasteiger partial charge on any atom is 0.184 e. The molecule has 6 rings (SSSR count). The van der Waals surface area contributed by atoms with E-state index in [1.807, 2.05) is 12.3 Å². The number of H-pyrrole nitrogens is 1. The third kappa shape index (κ3) is 3.71. The first-order valence-electron chi connectivity index (χ1n) is 12.1. The zero-order chi connectivity index (χ0) is 22.4. The molecule has 0 radical (unpaired) electrons. The molecule has 8 heteroatoms. The maximum atomic E-state index is 5.99. The summed E-state index contributed by atoms with van der Waals surface area (Å²) in [6.45, 7) is 5.43. The Morgan fingerprint density at radius 2 is 1.79 bits per heavy atom. The van der Waals surface area contributed by atoms with Crippen molar-refractivity contribution >= 4 is 16.7 Å². The molecule has 1 N–H and O–H groups in total. The molecule has 2 saturated heterocycles. The maximum absolute atomic E-state index is 5.99. The summed E-state index contributed by atoms with van der Waals surface area (Å²) in [4.78, 5) is 20.8. The van der Waals surface area contributed by atoms with E-state index in [0.29, 0.717) is 13.2 Å². The number of rotatable bonds is 3. The summed E-state index contributed by atoms with van der Waals surface area (Å²) in [5, 5.41) is 0. The topological polar surface area (TPSA) is 69.8 Å². The second-order valence-electron chi connectivity index (χ2n) is 9.43. The smallest absolute Gasteiger partial charge is 0.184 e. The van der Waals surface area contributed by atoms with Gasteiger partial charge in [0.05, 0.1) is 28.8 Å². The van der Waals surface area contributed by atoms with Crippen molar-refractivity contribution in [3.05, 3.63) is 42.0 Å². The van der Waals surface area contributed by atoms with Crippen molar-refractivity contribution in [2.75, 3.05) is 58.4 Å². The van der Waals surface area contributed by atoms with Crippen LogP contribution in [0.3, 0.4) is 0 Å². The van der Waals surface area contributed by atoms with Crippen LogP contribution in [0.5, 0.6) is 11.5 Å². The summed E-state index contributed by atoms with van der Waals surface area (Å²) < 4.78 is 11.8. The minimum atomic E-state index is 0.172. The Bertz CT molecular complexity index is 1140. The van der Waals surface area contributed by atoms with Gasteiger partial charge in [-0.1, -0.05) is 6.07 Å². The van der Waals surface area contributed by atoms with Crippen LogP contribution >= 0.6 is 0 Å². The predicted octanol–water partition coefficient (Wildman–Crippen LogP) is 3.38. The van der Waals surface area contributed by atoms with Gasteiger partial charge in [-0.2, -0.15) is 0 Å². The number of aromatic nitrogens is 3. The largest absolute Gasteiger partial charge is 0.486 e. The molecule has 1 aromatic carbocycles. The van der Waals surface area contributed by atoms with E-state index in [0.717, 1.165) is 79.5 Å².